The minimum Gasteiger partial charge on any atom is -0.497 e. The monoisotopic (exact) mass is 452 g/mol. The molecule has 0 aliphatic carbocycles. The Bertz CT molecular complexity index is 1400. The number of ether oxygens (including phenoxy) is 1. The normalized spacial score (nSPS) is 11.1. The molecule has 164 valence electrons. The van der Waals surface area contributed by atoms with Gasteiger partial charge in [-0.15, -0.1) is 10.2 Å². The van der Waals surface area contributed by atoms with Gasteiger partial charge in [0.2, 0.25) is 0 Å². The quantitative estimate of drug-likeness (QED) is 0.265. The van der Waals surface area contributed by atoms with Crippen LogP contribution in [0, 0.1) is 0 Å². The molecule has 3 aromatic carbocycles. The standard InChI is InChI=1S/C27H24N4OS/c1-3-31-26(29-30-27(31)33-18-19-10-9-13-21(16-19)32-2)23-17-25(20-11-5-4-6-12-20)28-24-15-8-7-14-22(23)24/h4-17H,3,18H2,1-2H3. The molecule has 0 aliphatic rings. The predicted octanol–water partition coefficient (Wildman–Crippen LogP) is 6.48. The molecular weight excluding hydrogens is 428 g/mol. The van der Waals surface area contributed by atoms with Gasteiger partial charge < -0.3 is 9.30 Å². The fourth-order valence-corrected chi connectivity index (χ4v) is 4.85. The maximum atomic E-state index is 5.35. The molecule has 5 nitrogen and oxygen atoms in total. The van der Waals surface area contributed by atoms with Crippen LogP contribution in [0.15, 0.2) is 90.1 Å². The van der Waals surface area contributed by atoms with E-state index in [0.717, 1.165) is 56.8 Å². The second kappa shape index (κ2) is 9.46. The fourth-order valence-electron chi connectivity index (χ4n) is 3.91. The second-order valence-corrected chi connectivity index (χ2v) is 8.57. The number of hydrogen-bond acceptors (Lipinski definition) is 5. The van der Waals surface area contributed by atoms with E-state index >= 15 is 0 Å². The van der Waals surface area contributed by atoms with Crippen molar-refractivity contribution in [3.05, 3.63) is 90.5 Å². The number of thioether (sulfide) groups is 1. The zero-order chi connectivity index (χ0) is 22.6. The molecule has 33 heavy (non-hydrogen) atoms. The van der Waals surface area contributed by atoms with Crippen LogP contribution in [0.3, 0.4) is 0 Å². The molecule has 0 saturated carbocycles. The lowest BCUT2D eigenvalue weighted by Crippen LogP contribution is -2.01. The summed E-state index contributed by atoms with van der Waals surface area (Å²) in [6.07, 6.45) is 0. The Morgan fingerprint density at radius 3 is 2.52 bits per heavy atom. The molecule has 0 fully saturated rings. The molecule has 0 spiro atoms. The number of methoxy groups -OCH3 is 1. The van der Waals surface area contributed by atoms with Gasteiger partial charge in [0.1, 0.15) is 5.75 Å². The van der Waals surface area contributed by atoms with Gasteiger partial charge >= 0.3 is 0 Å². The van der Waals surface area contributed by atoms with E-state index in [2.05, 4.69) is 64.2 Å². The third-order valence-electron chi connectivity index (χ3n) is 5.56. The van der Waals surface area contributed by atoms with Crippen LogP contribution >= 0.6 is 11.8 Å². The number of pyridine rings is 1. The highest BCUT2D eigenvalue weighted by Crippen LogP contribution is 2.33. The number of aromatic nitrogens is 4. The maximum absolute atomic E-state index is 5.35. The molecular formula is C27H24N4OS. The lowest BCUT2D eigenvalue weighted by atomic mass is 10.0. The number of fused-ring (bicyclic) bond motifs is 1. The fraction of sp³-hybridized carbons (Fsp3) is 0.148. The Hall–Kier alpha value is -3.64. The summed E-state index contributed by atoms with van der Waals surface area (Å²) in [4.78, 5) is 4.91. The predicted molar refractivity (Wildman–Crippen MR) is 134 cm³/mol. The molecule has 0 N–H and O–H groups in total. The molecule has 0 saturated heterocycles. The summed E-state index contributed by atoms with van der Waals surface area (Å²) < 4.78 is 7.54. The zero-order valence-electron chi connectivity index (χ0n) is 18.6. The summed E-state index contributed by atoms with van der Waals surface area (Å²) in [6.45, 7) is 2.91. The summed E-state index contributed by atoms with van der Waals surface area (Å²) >= 11 is 1.68. The summed E-state index contributed by atoms with van der Waals surface area (Å²) in [5.74, 6) is 2.52. The highest BCUT2D eigenvalue weighted by molar-refractivity contribution is 7.98. The van der Waals surface area contributed by atoms with Gasteiger partial charge in [-0.2, -0.15) is 0 Å². The Labute approximate surface area is 197 Å². The maximum Gasteiger partial charge on any atom is 0.191 e. The molecule has 0 bridgehead atoms. The summed E-state index contributed by atoms with van der Waals surface area (Å²) in [5, 5.41) is 11.2. The first-order chi connectivity index (χ1) is 16.3. The van der Waals surface area contributed by atoms with Crippen molar-refractivity contribution in [3.8, 4) is 28.4 Å². The molecule has 0 amide bonds. The number of rotatable bonds is 7. The van der Waals surface area contributed by atoms with Crippen LogP contribution in [-0.2, 0) is 12.3 Å². The minimum absolute atomic E-state index is 0.778. The molecule has 0 atom stereocenters. The van der Waals surface area contributed by atoms with Gasteiger partial charge in [-0.25, -0.2) is 4.98 Å². The largest absolute Gasteiger partial charge is 0.497 e. The average Bonchev–Trinajstić information content (AvgIpc) is 3.30. The summed E-state index contributed by atoms with van der Waals surface area (Å²) in [7, 11) is 1.69. The van der Waals surface area contributed by atoms with Crippen molar-refractivity contribution in [1.29, 1.82) is 0 Å². The highest BCUT2D eigenvalue weighted by atomic mass is 32.2. The van der Waals surface area contributed by atoms with Gasteiger partial charge in [-0.3, -0.25) is 0 Å². The van der Waals surface area contributed by atoms with Crippen LogP contribution in [0.25, 0.3) is 33.5 Å². The molecule has 5 rings (SSSR count). The van der Waals surface area contributed by atoms with E-state index in [0.29, 0.717) is 0 Å². The first-order valence-electron chi connectivity index (χ1n) is 10.9. The van der Waals surface area contributed by atoms with Crippen molar-refractivity contribution in [3.63, 3.8) is 0 Å². The number of nitrogens with zero attached hydrogens (tertiary/aromatic N) is 4. The van der Waals surface area contributed by atoms with E-state index < -0.39 is 0 Å². The molecule has 5 aromatic rings. The van der Waals surface area contributed by atoms with Gasteiger partial charge in [-0.05, 0) is 36.8 Å². The van der Waals surface area contributed by atoms with E-state index in [-0.39, 0.29) is 0 Å². The minimum atomic E-state index is 0.778. The number of para-hydroxylation sites is 1. The van der Waals surface area contributed by atoms with Gasteiger partial charge in [0.15, 0.2) is 11.0 Å². The van der Waals surface area contributed by atoms with Gasteiger partial charge in [0.25, 0.3) is 0 Å². The van der Waals surface area contributed by atoms with Crippen molar-refractivity contribution >= 4 is 22.7 Å². The van der Waals surface area contributed by atoms with E-state index in [1.54, 1.807) is 18.9 Å². The van der Waals surface area contributed by atoms with Crippen molar-refractivity contribution in [1.82, 2.24) is 19.7 Å². The van der Waals surface area contributed by atoms with Crippen LogP contribution in [-0.4, -0.2) is 26.9 Å². The van der Waals surface area contributed by atoms with Crippen LogP contribution in [0.1, 0.15) is 12.5 Å². The van der Waals surface area contributed by atoms with E-state index in [4.69, 9.17) is 9.72 Å². The molecule has 2 heterocycles. The topological polar surface area (TPSA) is 52.8 Å². The molecule has 0 unspecified atom stereocenters. The number of hydrogen-bond donors (Lipinski definition) is 0. The molecule has 0 radical (unpaired) electrons. The SMILES string of the molecule is CCn1c(SCc2cccc(OC)c2)nnc1-c1cc(-c2ccccc2)nc2ccccc12. The Morgan fingerprint density at radius 2 is 1.70 bits per heavy atom. The Balaban J connectivity index is 1.55. The van der Waals surface area contributed by atoms with Crippen molar-refractivity contribution in [2.45, 2.75) is 24.4 Å². The smallest absolute Gasteiger partial charge is 0.191 e. The van der Waals surface area contributed by atoms with Crippen LogP contribution < -0.4 is 4.74 Å². The first-order valence-corrected chi connectivity index (χ1v) is 11.9. The van der Waals surface area contributed by atoms with Crippen molar-refractivity contribution in [2.24, 2.45) is 0 Å². The number of benzene rings is 3. The van der Waals surface area contributed by atoms with Crippen molar-refractivity contribution in [2.75, 3.05) is 7.11 Å². The molecule has 0 aliphatic heterocycles. The lowest BCUT2D eigenvalue weighted by Gasteiger charge is -2.12. The van der Waals surface area contributed by atoms with Gasteiger partial charge in [-0.1, -0.05) is 72.4 Å². The highest BCUT2D eigenvalue weighted by Gasteiger charge is 2.17. The van der Waals surface area contributed by atoms with E-state index in [1.807, 2.05) is 42.5 Å². The summed E-state index contributed by atoms with van der Waals surface area (Å²) in [5.41, 5.74) is 5.19. The molecule has 2 aromatic heterocycles. The van der Waals surface area contributed by atoms with Crippen LogP contribution in [0.2, 0.25) is 0 Å². The van der Waals surface area contributed by atoms with E-state index in [1.165, 1.54) is 5.56 Å². The third-order valence-corrected chi connectivity index (χ3v) is 6.60. The van der Waals surface area contributed by atoms with Gasteiger partial charge in [0.05, 0.1) is 18.3 Å². The Kier molecular flexibility index (Phi) is 6.09. The second-order valence-electron chi connectivity index (χ2n) is 7.63. The van der Waals surface area contributed by atoms with Gasteiger partial charge in [0, 0.05) is 28.8 Å². The van der Waals surface area contributed by atoms with Crippen LogP contribution in [0.5, 0.6) is 5.75 Å². The van der Waals surface area contributed by atoms with Crippen LogP contribution in [0.4, 0.5) is 0 Å². The molecule has 6 heteroatoms. The van der Waals surface area contributed by atoms with Crippen molar-refractivity contribution < 1.29 is 4.74 Å². The first kappa shape index (κ1) is 21.2. The average molecular weight is 453 g/mol. The zero-order valence-corrected chi connectivity index (χ0v) is 19.4. The van der Waals surface area contributed by atoms with E-state index in [9.17, 15) is 0 Å². The Morgan fingerprint density at radius 1 is 0.879 bits per heavy atom. The third kappa shape index (κ3) is 4.34. The summed E-state index contributed by atoms with van der Waals surface area (Å²) in [6, 6.07) is 28.7. The lowest BCUT2D eigenvalue weighted by molar-refractivity contribution is 0.414.